The molecule has 4 nitrogen and oxygen atoms in total. The number of carbonyl (C=O) groups is 1. The van der Waals surface area contributed by atoms with E-state index in [9.17, 15) is 4.79 Å². The first-order valence-corrected chi connectivity index (χ1v) is 7.26. The normalized spacial score (nSPS) is 20.1. The van der Waals surface area contributed by atoms with E-state index in [1.807, 2.05) is 32.0 Å². The Balaban J connectivity index is 2.04. The monoisotopic (exact) mass is 277 g/mol. The third kappa shape index (κ3) is 3.97. The van der Waals surface area contributed by atoms with Gasteiger partial charge >= 0.3 is 5.97 Å². The minimum Gasteiger partial charge on any atom is -0.491 e. The lowest BCUT2D eigenvalue weighted by atomic mass is 9.98. The van der Waals surface area contributed by atoms with E-state index in [4.69, 9.17) is 9.84 Å². The zero-order valence-electron chi connectivity index (χ0n) is 12.2. The number of hydrogen-bond acceptors (Lipinski definition) is 3. The molecule has 1 unspecified atom stereocenters. The van der Waals surface area contributed by atoms with Gasteiger partial charge in [-0.1, -0.05) is 18.2 Å². The lowest BCUT2D eigenvalue weighted by Gasteiger charge is -2.31. The Morgan fingerprint density at radius 1 is 1.45 bits per heavy atom. The predicted octanol–water partition coefficient (Wildman–Crippen LogP) is 2.77. The number of ether oxygens (including phenoxy) is 1. The van der Waals surface area contributed by atoms with Crippen molar-refractivity contribution in [1.82, 2.24) is 4.90 Å². The van der Waals surface area contributed by atoms with Crippen LogP contribution >= 0.6 is 0 Å². The molecule has 1 heterocycles. The summed E-state index contributed by atoms with van der Waals surface area (Å²) in [5.74, 6) is -0.0108. The Bertz CT molecular complexity index is 459. The van der Waals surface area contributed by atoms with Crippen LogP contribution in [0.4, 0.5) is 0 Å². The summed E-state index contributed by atoms with van der Waals surface area (Å²) in [5.41, 5.74) is 1.13. The molecule has 4 heteroatoms. The molecule has 1 aromatic carbocycles. The van der Waals surface area contributed by atoms with E-state index in [0.29, 0.717) is 6.54 Å². The van der Waals surface area contributed by atoms with Gasteiger partial charge in [0.15, 0.2) is 0 Å². The fourth-order valence-electron chi connectivity index (χ4n) is 2.64. The summed E-state index contributed by atoms with van der Waals surface area (Å²) >= 11 is 0. The van der Waals surface area contributed by atoms with Crippen molar-refractivity contribution in [2.24, 2.45) is 5.92 Å². The van der Waals surface area contributed by atoms with Crippen LogP contribution in [0.25, 0.3) is 0 Å². The first-order valence-electron chi connectivity index (χ1n) is 7.26. The average Bonchev–Trinajstić information content (AvgIpc) is 2.41. The molecule has 0 spiro atoms. The summed E-state index contributed by atoms with van der Waals surface area (Å²) in [6.07, 6.45) is 1.88. The molecule has 0 saturated carbocycles. The number of hydrogen-bond donors (Lipinski definition) is 1. The summed E-state index contributed by atoms with van der Waals surface area (Å²) in [7, 11) is 0. The molecule has 1 aromatic rings. The maximum absolute atomic E-state index is 11.1. The topological polar surface area (TPSA) is 49.8 Å². The molecule has 0 radical (unpaired) electrons. The van der Waals surface area contributed by atoms with Gasteiger partial charge in [-0.05, 0) is 39.3 Å². The summed E-state index contributed by atoms with van der Waals surface area (Å²) < 4.78 is 5.82. The van der Waals surface area contributed by atoms with Crippen LogP contribution in [0.2, 0.25) is 0 Å². The van der Waals surface area contributed by atoms with Gasteiger partial charge in [-0.15, -0.1) is 0 Å². The number of nitrogens with zero attached hydrogens (tertiary/aromatic N) is 1. The van der Waals surface area contributed by atoms with Crippen molar-refractivity contribution in [3.63, 3.8) is 0 Å². The molecular weight excluding hydrogens is 254 g/mol. The lowest BCUT2D eigenvalue weighted by molar-refractivity contribution is -0.143. The second-order valence-corrected chi connectivity index (χ2v) is 5.69. The molecular formula is C16H23NO3. The summed E-state index contributed by atoms with van der Waals surface area (Å²) in [6.45, 7) is 6.37. The zero-order chi connectivity index (χ0) is 14.5. The van der Waals surface area contributed by atoms with Crippen molar-refractivity contribution in [2.75, 3.05) is 13.1 Å². The molecule has 0 amide bonds. The Morgan fingerprint density at radius 2 is 2.20 bits per heavy atom. The van der Waals surface area contributed by atoms with E-state index in [2.05, 4.69) is 11.0 Å². The molecule has 0 aromatic heterocycles. The Labute approximate surface area is 120 Å². The quantitative estimate of drug-likeness (QED) is 0.899. The average molecular weight is 277 g/mol. The van der Waals surface area contributed by atoms with E-state index in [1.165, 1.54) is 0 Å². The third-order valence-corrected chi connectivity index (χ3v) is 3.58. The van der Waals surface area contributed by atoms with Gasteiger partial charge in [0.25, 0.3) is 0 Å². The number of rotatable bonds is 5. The SMILES string of the molecule is CC(C)Oc1ccccc1CN1CCCC(C(=O)O)C1. The molecule has 110 valence electrons. The molecule has 1 fully saturated rings. The predicted molar refractivity (Wildman–Crippen MR) is 77.8 cm³/mol. The van der Waals surface area contributed by atoms with E-state index in [0.717, 1.165) is 37.2 Å². The second-order valence-electron chi connectivity index (χ2n) is 5.69. The van der Waals surface area contributed by atoms with Crippen molar-refractivity contribution in [2.45, 2.75) is 39.3 Å². The van der Waals surface area contributed by atoms with Crippen LogP contribution in [0.3, 0.4) is 0 Å². The highest BCUT2D eigenvalue weighted by Gasteiger charge is 2.25. The molecule has 1 aliphatic heterocycles. The molecule has 2 rings (SSSR count). The smallest absolute Gasteiger partial charge is 0.307 e. The molecule has 1 saturated heterocycles. The van der Waals surface area contributed by atoms with E-state index < -0.39 is 5.97 Å². The molecule has 0 aliphatic carbocycles. The van der Waals surface area contributed by atoms with E-state index in [1.54, 1.807) is 0 Å². The first-order chi connectivity index (χ1) is 9.56. The van der Waals surface area contributed by atoms with Crippen molar-refractivity contribution >= 4 is 5.97 Å². The lowest BCUT2D eigenvalue weighted by Crippen LogP contribution is -2.38. The molecule has 20 heavy (non-hydrogen) atoms. The largest absolute Gasteiger partial charge is 0.491 e. The third-order valence-electron chi connectivity index (χ3n) is 3.58. The molecule has 1 atom stereocenters. The van der Waals surface area contributed by atoms with Crippen LogP contribution in [0, 0.1) is 5.92 Å². The molecule has 1 aliphatic rings. The van der Waals surface area contributed by atoms with Crippen molar-refractivity contribution in [1.29, 1.82) is 0 Å². The van der Waals surface area contributed by atoms with E-state index in [-0.39, 0.29) is 12.0 Å². The van der Waals surface area contributed by atoms with Crippen LogP contribution in [0.15, 0.2) is 24.3 Å². The van der Waals surface area contributed by atoms with Crippen molar-refractivity contribution < 1.29 is 14.6 Å². The van der Waals surface area contributed by atoms with Crippen LogP contribution in [-0.2, 0) is 11.3 Å². The Hall–Kier alpha value is -1.55. The van der Waals surface area contributed by atoms with Gasteiger partial charge in [0.2, 0.25) is 0 Å². The number of benzene rings is 1. The number of piperidine rings is 1. The highest BCUT2D eigenvalue weighted by Crippen LogP contribution is 2.24. The van der Waals surface area contributed by atoms with Crippen LogP contribution in [-0.4, -0.2) is 35.2 Å². The zero-order valence-corrected chi connectivity index (χ0v) is 12.2. The number of likely N-dealkylation sites (tertiary alicyclic amines) is 1. The number of para-hydroxylation sites is 1. The number of carboxylic acid groups (broad SMARTS) is 1. The van der Waals surface area contributed by atoms with Gasteiger partial charge in [0.05, 0.1) is 12.0 Å². The fraction of sp³-hybridized carbons (Fsp3) is 0.562. The highest BCUT2D eigenvalue weighted by atomic mass is 16.5. The second kappa shape index (κ2) is 6.75. The van der Waals surface area contributed by atoms with Crippen molar-refractivity contribution in [3.05, 3.63) is 29.8 Å². The first kappa shape index (κ1) is 14.9. The maximum Gasteiger partial charge on any atom is 0.307 e. The van der Waals surface area contributed by atoms with Crippen LogP contribution in [0.1, 0.15) is 32.3 Å². The van der Waals surface area contributed by atoms with Gasteiger partial charge < -0.3 is 9.84 Å². The number of carboxylic acids is 1. The molecule has 0 bridgehead atoms. The van der Waals surface area contributed by atoms with Gasteiger partial charge in [0, 0.05) is 18.7 Å². The minimum absolute atomic E-state index is 0.143. The highest BCUT2D eigenvalue weighted by molar-refractivity contribution is 5.70. The standard InChI is InChI=1S/C16H23NO3/c1-12(2)20-15-8-4-3-6-13(15)10-17-9-5-7-14(11-17)16(18)19/h3-4,6,8,12,14H,5,7,9-11H2,1-2H3,(H,18,19). The van der Waals surface area contributed by atoms with Gasteiger partial charge in [-0.3, -0.25) is 9.69 Å². The maximum atomic E-state index is 11.1. The molecule has 1 N–H and O–H groups in total. The van der Waals surface area contributed by atoms with Gasteiger partial charge in [0.1, 0.15) is 5.75 Å². The summed E-state index contributed by atoms with van der Waals surface area (Å²) in [6, 6.07) is 8.01. The van der Waals surface area contributed by atoms with E-state index >= 15 is 0 Å². The van der Waals surface area contributed by atoms with Crippen molar-refractivity contribution in [3.8, 4) is 5.75 Å². The van der Waals surface area contributed by atoms with Crippen LogP contribution in [0.5, 0.6) is 5.75 Å². The van der Waals surface area contributed by atoms with Gasteiger partial charge in [-0.25, -0.2) is 0 Å². The summed E-state index contributed by atoms with van der Waals surface area (Å²) in [4.78, 5) is 13.3. The minimum atomic E-state index is -0.679. The van der Waals surface area contributed by atoms with Gasteiger partial charge in [-0.2, -0.15) is 0 Å². The fourth-order valence-corrected chi connectivity index (χ4v) is 2.64. The Morgan fingerprint density at radius 3 is 2.90 bits per heavy atom. The number of aliphatic carboxylic acids is 1. The Kier molecular flexibility index (Phi) is 5.01. The van der Waals surface area contributed by atoms with Crippen LogP contribution < -0.4 is 4.74 Å². The summed E-state index contributed by atoms with van der Waals surface area (Å²) in [5, 5.41) is 9.14.